The van der Waals surface area contributed by atoms with E-state index in [0.717, 1.165) is 41.5 Å². The van der Waals surface area contributed by atoms with Crippen LogP contribution in [0.4, 0.5) is 0 Å². The zero-order valence-corrected chi connectivity index (χ0v) is 25.4. The zero-order chi connectivity index (χ0) is 28.0. The van der Waals surface area contributed by atoms with Crippen LogP contribution in [0.25, 0.3) is 21.5 Å². The smallest absolute Gasteiger partial charge is 0.254 e. The monoisotopic (exact) mass is 543 g/mol. The van der Waals surface area contributed by atoms with Gasteiger partial charge in [-0.15, -0.1) is 0 Å². The van der Waals surface area contributed by atoms with Crippen molar-refractivity contribution >= 4 is 27.5 Å². The molecule has 3 aromatic rings. The third kappa shape index (κ3) is 9.61. The second kappa shape index (κ2) is 16.8. The number of benzene rings is 3. The summed E-state index contributed by atoms with van der Waals surface area (Å²) in [4.78, 5) is 16.0. The van der Waals surface area contributed by atoms with Gasteiger partial charge < -0.3 is 9.64 Å². The van der Waals surface area contributed by atoms with E-state index < -0.39 is 0 Å². The van der Waals surface area contributed by atoms with Gasteiger partial charge in [0.25, 0.3) is 5.91 Å². The van der Waals surface area contributed by atoms with E-state index in [4.69, 9.17) is 4.74 Å². The Kier molecular flexibility index (Phi) is 12.8. The van der Waals surface area contributed by atoms with Crippen LogP contribution in [0, 0.1) is 6.92 Å². The minimum Gasteiger partial charge on any atom is -0.371 e. The number of ether oxygens (including phenoxy) is 1. The molecule has 0 aromatic heterocycles. The molecule has 0 saturated carbocycles. The third-order valence-electron chi connectivity index (χ3n) is 8.70. The standard InChI is InChI=1S/C37H53NO2/c1-3-4-5-6-7-8-9-10-11-12-13-14-15-16-17-20-25-38(28-34-29-40-34)37(39)36-30(2)23-24-33-26-31-21-18-19-22-32(31)27-35(33)36/h18-19,21-24,26-27,34H,3-17,20,25,28-29H2,1-2H3. The van der Waals surface area contributed by atoms with Crippen LogP contribution in [0.1, 0.15) is 126 Å². The largest absolute Gasteiger partial charge is 0.371 e. The number of fused-ring (bicyclic) bond motifs is 2. The van der Waals surface area contributed by atoms with Crippen molar-refractivity contribution in [3.63, 3.8) is 0 Å². The number of rotatable bonds is 20. The van der Waals surface area contributed by atoms with Crippen molar-refractivity contribution in [2.75, 3.05) is 19.7 Å². The number of carbonyl (C=O) groups excluding carboxylic acids is 1. The van der Waals surface area contributed by atoms with Gasteiger partial charge >= 0.3 is 0 Å². The van der Waals surface area contributed by atoms with Crippen molar-refractivity contribution in [3.8, 4) is 0 Å². The van der Waals surface area contributed by atoms with Crippen LogP contribution in [-0.4, -0.2) is 36.6 Å². The molecular weight excluding hydrogens is 490 g/mol. The topological polar surface area (TPSA) is 32.8 Å². The number of hydrogen-bond donors (Lipinski definition) is 0. The first kappa shape index (κ1) is 30.6. The van der Waals surface area contributed by atoms with Gasteiger partial charge in [-0.05, 0) is 52.6 Å². The molecular formula is C37H53NO2. The summed E-state index contributed by atoms with van der Waals surface area (Å²) in [5.41, 5.74) is 1.92. The summed E-state index contributed by atoms with van der Waals surface area (Å²) >= 11 is 0. The van der Waals surface area contributed by atoms with Gasteiger partial charge in [0.2, 0.25) is 0 Å². The summed E-state index contributed by atoms with van der Waals surface area (Å²) in [6, 6.07) is 17.1. The summed E-state index contributed by atoms with van der Waals surface area (Å²) < 4.78 is 5.54. The Labute approximate surface area is 243 Å². The maximum atomic E-state index is 13.9. The van der Waals surface area contributed by atoms with Gasteiger partial charge in [0, 0.05) is 13.1 Å². The summed E-state index contributed by atoms with van der Waals surface area (Å²) in [5.74, 6) is 0.162. The molecule has 1 aliphatic rings. The quantitative estimate of drug-likeness (QED) is 0.0806. The lowest BCUT2D eigenvalue weighted by atomic mass is 9.95. The Morgan fingerprint density at radius 1 is 0.725 bits per heavy atom. The van der Waals surface area contributed by atoms with Gasteiger partial charge in [-0.3, -0.25) is 4.79 Å². The first-order valence-corrected chi connectivity index (χ1v) is 16.5. The maximum absolute atomic E-state index is 13.9. The van der Waals surface area contributed by atoms with Crippen LogP contribution in [0.3, 0.4) is 0 Å². The van der Waals surface area contributed by atoms with Gasteiger partial charge in [-0.1, -0.05) is 140 Å². The third-order valence-corrected chi connectivity index (χ3v) is 8.70. The summed E-state index contributed by atoms with van der Waals surface area (Å²) in [7, 11) is 0. The fourth-order valence-electron chi connectivity index (χ4n) is 6.11. The molecule has 3 heteroatoms. The number of aryl methyl sites for hydroxylation is 1. The van der Waals surface area contributed by atoms with Gasteiger partial charge in [-0.25, -0.2) is 0 Å². The summed E-state index contributed by atoms with van der Waals surface area (Å²) in [5, 5.41) is 4.60. The van der Waals surface area contributed by atoms with E-state index in [9.17, 15) is 4.79 Å². The highest BCUT2D eigenvalue weighted by Crippen LogP contribution is 2.29. The van der Waals surface area contributed by atoms with Crippen molar-refractivity contribution in [2.45, 2.75) is 123 Å². The van der Waals surface area contributed by atoms with Crippen molar-refractivity contribution in [1.82, 2.24) is 4.90 Å². The highest BCUT2D eigenvalue weighted by Gasteiger charge is 2.29. The second-order valence-corrected chi connectivity index (χ2v) is 12.2. The van der Waals surface area contributed by atoms with E-state index in [2.05, 4.69) is 67.3 Å². The van der Waals surface area contributed by atoms with Crippen LogP contribution in [-0.2, 0) is 4.74 Å². The maximum Gasteiger partial charge on any atom is 0.254 e. The molecule has 1 atom stereocenters. The molecule has 0 radical (unpaired) electrons. The number of unbranched alkanes of at least 4 members (excludes halogenated alkanes) is 15. The van der Waals surface area contributed by atoms with Gasteiger partial charge in [-0.2, -0.15) is 0 Å². The second-order valence-electron chi connectivity index (χ2n) is 12.2. The average Bonchev–Trinajstić information content (AvgIpc) is 3.79. The lowest BCUT2D eigenvalue weighted by Crippen LogP contribution is -2.35. The fraction of sp³-hybridized carbons (Fsp3) is 0.595. The predicted molar refractivity (Wildman–Crippen MR) is 171 cm³/mol. The molecule has 218 valence electrons. The predicted octanol–water partition coefficient (Wildman–Crippen LogP) is 10.4. The molecule has 3 aromatic carbocycles. The van der Waals surface area contributed by atoms with Crippen molar-refractivity contribution in [2.24, 2.45) is 0 Å². The number of hydrogen-bond acceptors (Lipinski definition) is 2. The Bertz CT molecular complexity index is 1180. The molecule has 0 N–H and O–H groups in total. The van der Waals surface area contributed by atoms with Crippen molar-refractivity contribution in [3.05, 3.63) is 59.7 Å². The van der Waals surface area contributed by atoms with Crippen LogP contribution < -0.4 is 0 Å². The molecule has 0 bridgehead atoms. The van der Waals surface area contributed by atoms with E-state index in [1.165, 1.54) is 107 Å². The number of nitrogens with zero attached hydrogens (tertiary/aromatic N) is 1. The van der Waals surface area contributed by atoms with E-state index in [-0.39, 0.29) is 12.0 Å². The van der Waals surface area contributed by atoms with E-state index >= 15 is 0 Å². The molecule has 1 heterocycles. The Morgan fingerprint density at radius 3 is 1.80 bits per heavy atom. The van der Waals surface area contributed by atoms with Crippen molar-refractivity contribution < 1.29 is 9.53 Å². The molecule has 1 aliphatic heterocycles. The molecule has 1 unspecified atom stereocenters. The first-order valence-electron chi connectivity index (χ1n) is 16.5. The number of carbonyl (C=O) groups is 1. The first-order chi connectivity index (χ1) is 19.7. The lowest BCUT2D eigenvalue weighted by Gasteiger charge is -2.24. The Hall–Kier alpha value is -2.39. The number of amides is 1. The molecule has 1 amide bonds. The highest BCUT2D eigenvalue weighted by atomic mass is 16.6. The Morgan fingerprint density at radius 2 is 1.25 bits per heavy atom. The minimum absolute atomic E-state index is 0.162. The number of epoxide rings is 1. The normalized spacial score (nSPS) is 14.7. The molecule has 4 rings (SSSR count). The fourth-order valence-corrected chi connectivity index (χ4v) is 6.11. The highest BCUT2D eigenvalue weighted by molar-refractivity contribution is 6.11. The molecule has 0 spiro atoms. The van der Waals surface area contributed by atoms with E-state index in [1.807, 2.05) is 0 Å². The van der Waals surface area contributed by atoms with Gasteiger partial charge in [0.1, 0.15) is 0 Å². The van der Waals surface area contributed by atoms with Crippen LogP contribution in [0.2, 0.25) is 0 Å². The van der Waals surface area contributed by atoms with Crippen LogP contribution in [0.5, 0.6) is 0 Å². The lowest BCUT2D eigenvalue weighted by molar-refractivity contribution is 0.0740. The average molecular weight is 544 g/mol. The zero-order valence-electron chi connectivity index (χ0n) is 25.4. The van der Waals surface area contributed by atoms with Crippen LogP contribution >= 0.6 is 0 Å². The van der Waals surface area contributed by atoms with E-state index in [1.54, 1.807) is 0 Å². The molecule has 1 fully saturated rings. The molecule has 40 heavy (non-hydrogen) atoms. The minimum atomic E-state index is 0.162. The van der Waals surface area contributed by atoms with E-state index in [0.29, 0.717) is 6.54 Å². The molecule has 0 aliphatic carbocycles. The van der Waals surface area contributed by atoms with Gasteiger partial charge in [0.05, 0.1) is 18.3 Å². The molecule has 3 nitrogen and oxygen atoms in total. The SMILES string of the molecule is CCCCCCCCCCCCCCCCCCN(CC1CO1)C(=O)c1c(C)ccc2cc3ccccc3cc12. The van der Waals surface area contributed by atoms with Crippen molar-refractivity contribution in [1.29, 1.82) is 0 Å². The van der Waals surface area contributed by atoms with Gasteiger partial charge in [0.15, 0.2) is 0 Å². The van der Waals surface area contributed by atoms with Crippen LogP contribution in [0.15, 0.2) is 48.5 Å². The molecule has 1 saturated heterocycles. The summed E-state index contributed by atoms with van der Waals surface area (Å²) in [6.07, 6.45) is 22.0. The summed E-state index contributed by atoms with van der Waals surface area (Å²) in [6.45, 7) is 6.67. The Balaban J connectivity index is 1.17.